The second-order valence-electron chi connectivity index (χ2n) is 5.58. The van der Waals surface area contributed by atoms with Gasteiger partial charge < -0.3 is 11.1 Å². The number of fused-ring (bicyclic) bond motifs is 1. The van der Waals surface area contributed by atoms with Crippen molar-refractivity contribution in [2.24, 2.45) is 5.73 Å². The van der Waals surface area contributed by atoms with Crippen molar-refractivity contribution in [1.29, 1.82) is 0 Å². The number of hydrogen-bond donors (Lipinski definition) is 2. The maximum Gasteiger partial charge on any atom is 0.0328 e. The van der Waals surface area contributed by atoms with Crippen LogP contribution >= 0.6 is 0 Å². The molecule has 1 fully saturated rings. The van der Waals surface area contributed by atoms with Crippen molar-refractivity contribution < 1.29 is 0 Å². The summed E-state index contributed by atoms with van der Waals surface area (Å²) in [7, 11) is 0. The third kappa shape index (κ3) is 2.38. The highest BCUT2D eigenvalue weighted by Gasteiger charge is 2.26. The molecular formula is C15H22N2. The summed E-state index contributed by atoms with van der Waals surface area (Å²) in [5, 5.41) is 3.82. The standard InChI is InChI=1S/C15H22N2/c16-12-5-3-6-13(10-12)17-15-9-8-11-4-1-2-7-14(11)15/h1-2,4,7,12-13,15,17H,3,5-6,8-10,16H2. The molecule has 3 atom stereocenters. The van der Waals surface area contributed by atoms with Crippen LogP contribution in [0.25, 0.3) is 0 Å². The van der Waals surface area contributed by atoms with Crippen molar-refractivity contribution in [3.05, 3.63) is 35.4 Å². The Bertz CT molecular complexity index is 388. The Labute approximate surface area is 104 Å². The number of rotatable bonds is 2. The zero-order valence-corrected chi connectivity index (χ0v) is 10.4. The average Bonchev–Trinajstić information content (AvgIpc) is 2.73. The predicted octanol–water partition coefficient (Wildman–Crippen LogP) is 2.53. The van der Waals surface area contributed by atoms with Gasteiger partial charge >= 0.3 is 0 Å². The van der Waals surface area contributed by atoms with Gasteiger partial charge in [-0.1, -0.05) is 30.7 Å². The summed E-state index contributed by atoms with van der Waals surface area (Å²) in [5.74, 6) is 0. The highest BCUT2D eigenvalue weighted by Crippen LogP contribution is 2.32. The zero-order chi connectivity index (χ0) is 11.7. The lowest BCUT2D eigenvalue weighted by atomic mass is 9.91. The van der Waals surface area contributed by atoms with Gasteiger partial charge in [0.2, 0.25) is 0 Å². The van der Waals surface area contributed by atoms with Crippen LogP contribution in [0.2, 0.25) is 0 Å². The molecule has 3 N–H and O–H groups in total. The molecule has 2 aliphatic carbocycles. The molecule has 1 aromatic rings. The quantitative estimate of drug-likeness (QED) is 0.819. The van der Waals surface area contributed by atoms with Crippen LogP contribution in [0.1, 0.15) is 49.3 Å². The molecule has 0 radical (unpaired) electrons. The van der Waals surface area contributed by atoms with Crippen molar-refractivity contribution in [3.8, 4) is 0 Å². The number of benzene rings is 1. The summed E-state index contributed by atoms with van der Waals surface area (Å²) < 4.78 is 0. The fourth-order valence-electron chi connectivity index (χ4n) is 3.39. The molecule has 1 aromatic carbocycles. The lowest BCUT2D eigenvalue weighted by molar-refractivity contribution is 0.311. The first-order chi connectivity index (χ1) is 8.33. The smallest absolute Gasteiger partial charge is 0.0328 e. The van der Waals surface area contributed by atoms with Crippen LogP contribution in [0.3, 0.4) is 0 Å². The van der Waals surface area contributed by atoms with Gasteiger partial charge in [-0.25, -0.2) is 0 Å². The average molecular weight is 230 g/mol. The molecule has 0 amide bonds. The molecule has 2 aliphatic rings. The summed E-state index contributed by atoms with van der Waals surface area (Å²) in [6.07, 6.45) is 7.43. The largest absolute Gasteiger partial charge is 0.328 e. The highest BCUT2D eigenvalue weighted by atomic mass is 15.0. The Hall–Kier alpha value is -0.860. The maximum absolute atomic E-state index is 6.05. The number of nitrogens with two attached hydrogens (primary N) is 1. The van der Waals surface area contributed by atoms with E-state index in [-0.39, 0.29) is 0 Å². The van der Waals surface area contributed by atoms with Crippen LogP contribution in [-0.2, 0) is 6.42 Å². The third-order valence-corrected chi connectivity index (χ3v) is 4.28. The Morgan fingerprint density at radius 2 is 2.00 bits per heavy atom. The Balaban J connectivity index is 1.67. The van der Waals surface area contributed by atoms with E-state index in [1.807, 2.05) is 0 Å². The van der Waals surface area contributed by atoms with E-state index in [0.717, 1.165) is 6.42 Å². The molecule has 0 bridgehead atoms. The molecule has 1 saturated carbocycles. The first-order valence-electron chi connectivity index (χ1n) is 6.92. The van der Waals surface area contributed by atoms with Crippen LogP contribution in [0, 0.1) is 0 Å². The van der Waals surface area contributed by atoms with Crippen LogP contribution in [0.4, 0.5) is 0 Å². The Kier molecular flexibility index (Phi) is 3.17. The normalized spacial score (nSPS) is 32.4. The van der Waals surface area contributed by atoms with Crippen molar-refractivity contribution in [1.82, 2.24) is 5.32 Å². The first-order valence-corrected chi connectivity index (χ1v) is 6.92. The highest BCUT2D eigenvalue weighted by molar-refractivity contribution is 5.34. The summed E-state index contributed by atoms with van der Waals surface area (Å²) in [4.78, 5) is 0. The second-order valence-corrected chi connectivity index (χ2v) is 5.58. The summed E-state index contributed by atoms with van der Waals surface area (Å²) in [6, 6.07) is 10.5. The molecule has 92 valence electrons. The van der Waals surface area contributed by atoms with Gasteiger partial charge in [0.1, 0.15) is 0 Å². The van der Waals surface area contributed by atoms with Gasteiger partial charge in [0.05, 0.1) is 0 Å². The van der Waals surface area contributed by atoms with E-state index in [0.29, 0.717) is 18.1 Å². The second kappa shape index (κ2) is 4.79. The molecule has 3 rings (SSSR count). The van der Waals surface area contributed by atoms with Gasteiger partial charge in [0.15, 0.2) is 0 Å². The minimum absolute atomic E-state index is 0.415. The molecule has 17 heavy (non-hydrogen) atoms. The summed E-state index contributed by atoms with van der Waals surface area (Å²) in [6.45, 7) is 0. The fourth-order valence-corrected chi connectivity index (χ4v) is 3.39. The van der Waals surface area contributed by atoms with Crippen LogP contribution < -0.4 is 11.1 Å². The van der Waals surface area contributed by atoms with Gasteiger partial charge in [-0.2, -0.15) is 0 Å². The van der Waals surface area contributed by atoms with E-state index >= 15 is 0 Å². The SMILES string of the molecule is NC1CCCC(NC2CCc3ccccc32)C1. The van der Waals surface area contributed by atoms with Gasteiger partial charge in [0, 0.05) is 18.1 Å². The van der Waals surface area contributed by atoms with E-state index in [9.17, 15) is 0 Å². The first kappa shape index (κ1) is 11.2. The predicted molar refractivity (Wildman–Crippen MR) is 70.9 cm³/mol. The van der Waals surface area contributed by atoms with Crippen LogP contribution in [-0.4, -0.2) is 12.1 Å². The van der Waals surface area contributed by atoms with Gasteiger partial charge in [-0.15, -0.1) is 0 Å². The van der Waals surface area contributed by atoms with Crippen molar-refractivity contribution >= 4 is 0 Å². The Morgan fingerprint density at radius 3 is 2.88 bits per heavy atom. The van der Waals surface area contributed by atoms with Crippen molar-refractivity contribution in [2.75, 3.05) is 0 Å². The van der Waals surface area contributed by atoms with Crippen LogP contribution in [0.15, 0.2) is 24.3 Å². The molecule has 2 nitrogen and oxygen atoms in total. The van der Waals surface area contributed by atoms with Gasteiger partial charge in [-0.3, -0.25) is 0 Å². The summed E-state index contributed by atoms with van der Waals surface area (Å²) in [5.41, 5.74) is 9.11. The monoisotopic (exact) mass is 230 g/mol. The lowest BCUT2D eigenvalue weighted by Crippen LogP contribution is -2.40. The van der Waals surface area contributed by atoms with E-state index < -0.39 is 0 Å². The molecule has 0 spiro atoms. The van der Waals surface area contributed by atoms with E-state index in [4.69, 9.17) is 5.73 Å². The topological polar surface area (TPSA) is 38.0 Å². The van der Waals surface area contributed by atoms with Crippen LogP contribution in [0.5, 0.6) is 0 Å². The molecule has 0 heterocycles. The zero-order valence-electron chi connectivity index (χ0n) is 10.4. The summed E-state index contributed by atoms with van der Waals surface area (Å²) >= 11 is 0. The molecule has 2 heteroatoms. The van der Waals surface area contributed by atoms with Gasteiger partial charge in [0.25, 0.3) is 0 Å². The van der Waals surface area contributed by atoms with Crippen molar-refractivity contribution in [2.45, 2.75) is 56.7 Å². The van der Waals surface area contributed by atoms with E-state index in [2.05, 4.69) is 29.6 Å². The molecule has 0 aliphatic heterocycles. The third-order valence-electron chi connectivity index (χ3n) is 4.28. The van der Waals surface area contributed by atoms with E-state index in [1.54, 1.807) is 0 Å². The fraction of sp³-hybridized carbons (Fsp3) is 0.600. The van der Waals surface area contributed by atoms with Gasteiger partial charge in [-0.05, 0) is 43.2 Å². The number of nitrogens with one attached hydrogen (secondary N) is 1. The molecule has 0 saturated heterocycles. The number of aryl methyl sites for hydroxylation is 1. The molecular weight excluding hydrogens is 208 g/mol. The van der Waals surface area contributed by atoms with E-state index in [1.165, 1.54) is 43.2 Å². The van der Waals surface area contributed by atoms with Crippen molar-refractivity contribution in [3.63, 3.8) is 0 Å². The molecule has 0 aromatic heterocycles. The molecule has 3 unspecified atom stereocenters. The lowest BCUT2D eigenvalue weighted by Gasteiger charge is -2.30. The Morgan fingerprint density at radius 1 is 1.12 bits per heavy atom. The maximum atomic E-state index is 6.05. The minimum atomic E-state index is 0.415. The number of hydrogen-bond acceptors (Lipinski definition) is 2. The minimum Gasteiger partial charge on any atom is -0.328 e.